The van der Waals surface area contributed by atoms with E-state index in [-0.39, 0.29) is 12.0 Å². The van der Waals surface area contributed by atoms with Gasteiger partial charge in [0, 0.05) is 12.3 Å². The Kier molecular flexibility index (Phi) is 8.77. The quantitative estimate of drug-likeness (QED) is 0.389. The van der Waals surface area contributed by atoms with E-state index in [1.807, 2.05) is 24.3 Å². The van der Waals surface area contributed by atoms with E-state index in [1.54, 1.807) is 6.20 Å². The highest BCUT2D eigenvalue weighted by molar-refractivity contribution is 7.19. The van der Waals surface area contributed by atoms with Crippen LogP contribution >= 0.6 is 11.3 Å². The number of hydrogen-bond acceptors (Lipinski definition) is 5. The first-order valence-corrected chi connectivity index (χ1v) is 12.9. The van der Waals surface area contributed by atoms with Gasteiger partial charge in [-0.05, 0) is 48.6 Å². The van der Waals surface area contributed by atoms with Gasteiger partial charge in [0.15, 0.2) is 5.13 Å². The summed E-state index contributed by atoms with van der Waals surface area (Å²) >= 11 is 1.34. The first-order chi connectivity index (χ1) is 17.4. The maximum Gasteiger partial charge on any atom is 0.248 e. The van der Waals surface area contributed by atoms with E-state index in [2.05, 4.69) is 15.6 Å². The number of anilines is 1. The monoisotopic (exact) mass is 513 g/mol. The van der Waals surface area contributed by atoms with Gasteiger partial charge in [0.05, 0.1) is 24.0 Å². The summed E-state index contributed by atoms with van der Waals surface area (Å²) in [6.07, 6.45) is 7.69. The van der Waals surface area contributed by atoms with Crippen molar-refractivity contribution < 1.29 is 23.1 Å². The van der Waals surface area contributed by atoms with Crippen LogP contribution in [0.2, 0.25) is 0 Å². The molecule has 0 radical (unpaired) electrons. The molecule has 0 spiro atoms. The van der Waals surface area contributed by atoms with Crippen molar-refractivity contribution >= 4 is 28.3 Å². The summed E-state index contributed by atoms with van der Waals surface area (Å²) in [5.74, 6) is -2.48. The number of amides is 2. The van der Waals surface area contributed by atoms with Gasteiger partial charge < -0.3 is 15.4 Å². The highest BCUT2D eigenvalue weighted by atomic mass is 32.1. The van der Waals surface area contributed by atoms with E-state index >= 15 is 0 Å². The minimum atomic E-state index is -0.862. The minimum Gasteiger partial charge on any atom is -0.374 e. The van der Waals surface area contributed by atoms with Crippen molar-refractivity contribution in [3.8, 4) is 10.4 Å². The summed E-state index contributed by atoms with van der Waals surface area (Å²) in [7, 11) is 0. The Morgan fingerprint density at radius 1 is 1.11 bits per heavy atom. The van der Waals surface area contributed by atoms with Crippen molar-refractivity contribution in [2.45, 2.75) is 64.2 Å². The lowest BCUT2D eigenvalue weighted by atomic mass is 9.97. The molecule has 1 fully saturated rings. The molecule has 1 aliphatic carbocycles. The number of benzene rings is 2. The van der Waals surface area contributed by atoms with Gasteiger partial charge in [-0.1, -0.05) is 54.9 Å². The maximum absolute atomic E-state index is 13.3. The Morgan fingerprint density at radius 3 is 2.58 bits per heavy atom. The number of aromatic nitrogens is 1. The molecule has 1 atom stereocenters. The highest BCUT2D eigenvalue weighted by Gasteiger charge is 2.19. The number of thiazole rings is 1. The number of ether oxygens (including phenoxy) is 1. The molecule has 1 heterocycles. The number of halogens is 2. The Bertz CT molecular complexity index is 1190. The van der Waals surface area contributed by atoms with Gasteiger partial charge in [0.2, 0.25) is 11.8 Å². The van der Waals surface area contributed by atoms with Gasteiger partial charge in [-0.3, -0.25) is 9.59 Å². The molecule has 2 amide bonds. The van der Waals surface area contributed by atoms with E-state index in [4.69, 9.17) is 4.74 Å². The number of rotatable bonds is 9. The topological polar surface area (TPSA) is 80.3 Å². The zero-order valence-corrected chi connectivity index (χ0v) is 20.9. The summed E-state index contributed by atoms with van der Waals surface area (Å²) in [6, 6.07) is 10.0. The average Bonchev–Trinajstić information content (AvgIpc) is 3.31. The normalized spacial score (nSPS) is 14.9. The molecule has 9 heteroatoms. The molecule has 1 saturated carbocycles. The Labute approximate surface area is 213 Å². The smallest absolute Gasteiger partial charge is 0.248 e. The van der Waals surface area contributed by atoms with Crippen molar-refractivity contribution in [3.05, 3.63) is 71.4 Å². The molecule has 3 aromatic rings. The average molecular weight is 514 g/mol. The van der Waals surface area contributed by atoms with Crippen molar-refractivity contribution in [2.24, 2.45) is 0 Å². The first-order valence-electron chi connectivity index (χ1n) is 12.1. The van der Waals surface area contributed by atoms with Gasteiger partial charge >= 0.3 is 0 Å². The van der Waals surface area contributed by atoms with Crippen molar-refractivity contribution in [3.63, 3.8) is 0 Å². The van der Waals surface area contributed by atoms with Crippen LogP contribution in [0.1, 0.15) is 50.2 Å². The largest absolute Gasteiger partial charge is 0.374 e. The predicted octanol–water partition coefficient (Wildman–Crippen LogP) is 5.62. The number of carbonyl (C=O) groups is 2. The third-order valence-electron chi connectivity index (χ3n) is 6.10. The summed E-state index contributed by atoms with van der Waals surface area (Å²) in [6.45, 7) is 2.06. The molecule has 1 aromatic heterocycles. The van der Waals surface area contributed by atoms with Crippen LogP contribution in [0.3, 0.4) is 0 Å². The Hall–Kier alpha value is -3.17. The lowest BCUT2D eigenvalue weighted by Gasteiger charge is -2.22. The van der Waals surface area contributed by atoms with Crippen molar-refractivity contribution in [1.29, 1.82) is 0 Å². The van der Waals surface area contributed by atoms with E-state index in [9.17, 15) is 18.4 Å². The number of carbonyl (C=O) groups excluding carboxylic acids is 2. The molecule has 0 unspecified atom stereocenters. The summed E-state index contributed by atoms with van der Waals surface area (Å²) < 4.78 is 32.8. The SMILES string of the molecule is C[C@@H](NC(=O)Cc1cc(F)cc(F)c1)C(=O)Nc1ncc(-c2ccccc2COC2CCCCC2)s1. The molecule has 2 aromatic carbocycles. The van der Waals surface area contributed by atoms with E-state index in [1.165, 1.54) is 37.5 Å². The second-order valence-corrected chi connectivity index (χ2v) is 10.0. The van der Waals surface area contributed by atoms with Gasteiger partial charge in [-0.25, -0.2) is 13.8 Å². The fraction of sp³-hybridized carbons (Fsp3) is 0.370. The minimum absolute atomic E-state index is 0.188. The van der Waals surface area contributed by atoms with Gasteiger partial charge in [0.25, 0.3) is 0 Å². The summed E-state index contributed by atoms with van der Waals surface area (Å²) in [5.41, 5.74) is 2.27. The van der Waals surface area contributed by atoms with Gasteiger partial charge in [0.1, 0.15) is 17.7 Å². The van der Waals surface area contributed by atoms with Crippen LogP contribution in [0.25, 0.3) is 10.4 Å². The maximum atomic E-state index is 13.3. The highest BCUT2D eigenvalue weighted by Crippen LogP contribution is 2.32. The van der Waals surface area contributed by atoms with Crippen LogP contribution in [-0.4, -0.2) is 28.9 Å². The molecule has 190 valence electrons. The molecule has 0 aliphatic heterocycles. The second-order valence-electron chi connectivity index (χ2n) is 8.99. The molecule has 2 N–H and O–H groups in total. The number of nitrogens with zero attached hydrogens (tertiary/aromatic N) is 1. The lowest BCUT2D eigenvalue weighted by Crippen LogP contribution is -2.42. The van der Waals surface area contributed by atoms with Crippen molar-refractivity contribution in [1.82, 2.24) is 10.3 Å². The van der Waals surface area contributed by atoms with E-state index < -0.39 is 29.5 Å². The second kappa shape index (κ2) is 12.2. The van der Waals surface area contributed by atoms with Gasteiger partial charge in [-0.2, -0.15) is 0 Å². The molecular formula is C27H29F2N3O3S. The molecule has 6 nitrogen and oxygen atoms in total. The van der Waals surface area contributed by atoms with Crippen LogP contribution in [0, 0.1) is 11.6 Å². The third kappa shape index (κ3) is 7.18. The lowest BCUT2D eigenvalue weighted by molar-refractivity contribution is -0.125. The van der Waals surface area contributed by atoms with E-state index in [0.29, 0.717) is 17.8 Å². The third-order valence-corrected chi connectivity index (χ3v) is 7.05. The zero-order chi connectivity index (χ0) is 25.5. The van der Waals surface area contributed by atoms with Crippen molar-refractivity contribution in [2.75, 3.05) is 5.32 Å². The standard InChI is InChI=1S/C27H29F2N3O3S/c1-17(31-25(33)13-18-11-20(28)14-21(29)12-18)26(34)32-27-30-15-24(36-27)23-10-6-5-7-19(23)16-35-22-8-3-2-4-9-22/h5-7,10-12,14-15,17,22H,2-4,8-9,13,16H2,1H3,(H,31,33)(H,30,32,34)/t17-/m1/s1. The van der Waals surface area contributed by atoms with E-state index in [0.717, 1.165) is 47.0 Å². The summed E-state index contributed by atoms with van der Waals surface area (Å²) in [5, 5.41) is 5.68. The molecule has 1 aliphatic rings. The Balaban J connectivity index is 1.33. The molecule has 4 rings (SSSR count). The van der Waals surface area contributed by atoms with Crippen LogP contribution < -0.4 is 10.6 Å². The molecule has 0 bridgehead atoms. The zero-order valence-electron chi connectivity index (χ0n) is 20.1. The first kappa shape index (κ1) is 25.9. The number of nitrogens with one attached hydrogen (secondary N) is 2. The van der Waals surface area contributed by atoms with Crippen LogP contribution in [0.15, 0.2) is 48.7 Å². The fourth-order valence-electron chi connectivity index (χ4n) is 4.25. The van der Waals surface area contributed by atoms with Crippen LogP contribution in [-0.2, 0) is 27.4 Å². The summed E-state index contributed by atoms with van der Waals surface area (Å²) in [4.78, 5) is 30.1. The van der Waals surface area contributed by atoms with Crippen LogP contribution in [0.4, 0.5) is 13.9 Å². The molecule has 0 saturated heterocycles. The fourth-order valence-corrected chi connectivity index (χ4v) is 5.13. The number of hydrogen-bond donors (Lipinski definition) is 2. The molecule has 36 heavy (non-hydrogen) atoms. The Morgan fingerprint density at radius 2 is 1.83 bits per heavy atom. The predicted molar refractivity (Wildman–Crippen MR) is 136 cm³/mol. The van der Waals surface area contributed by atoms with Gasteiger partial charge in [-0.15, -0.1) is 0 Å². The molecular weight excluding hydrogens is 484 g/mol. The van der Waals surface area contributed by atoms with Crippen LogP contribution in [0.5, 0.6) is 0 Å².